The highest BCUT2D eigenvalue weighted by atomic mass is 32.2. The van der Waals surface area contributed by atoms with Gasteiger partial charge in [-0.15, -0.1) is 0 Å². The van der Waals surface area contributed by atoms with Crippen molar-refractivity contribution in [1.82, 2.24) is 9.47 Å². The van der Waals surface area contributed by atoms with Crippen molar-refractivity contribution < 1.29 is 9.53 Å². The summed E-state index contributed by atoms with van der Waals surface area (Å²) in [5.41, 5.74) is 1.22. The molecular formula is C22H28N4O3S2. The quantitative estimate of drug-likeness (QED) is 0.476. The average Bonchev–Trinajstić information content (AvgIpc) is 2.93. The average molecular weight is 461 g/mol. The molecule has 166 valence electrons. The van der Waals surface area contributed by atoms with Gasteiger partial charge in [0.25, 0.3) is 11.5 Å². The number of thioether (sulfide) groups is 1. The van der Waals surface area contributed by atoms with Gasteiger partial charge in [-0.1, -0.05) is 36.8 Å². The van der Waals surface area contributed by atoms with Gasteiger partial charge in [0.2, 0.25) is 0 Å². The minimum absolute atomic E-state index is 0.126. The largest absolute Gasteiger partial charge is 0.383 e. The first-order chi connectivity index (χ1) is 14.9. The van der Waals surface area contributed by atoms with E-state index in [1.807, 2.05) is 13.0 Å². The van der Waals surface area contributed by atoms with Crippen LogP contribution in [0.1, 0.15) is 49.3 Å². The molecule has 1 aromatic rings. The Kier molecular flexibility index (Phi) is 7.92. The molecule has 7 nitrogen and oxygen atoms in total. The Balaban J connectivity index is 2.18. The van der Waals surface area contributed by atoms with Crippen LogP contribution < -0.4 is 10.5 Å². The number of carbonyl (C=O) groups excluding carboxylic acids is 1. The van der Waals surface area contributed by atoms with Crippen LogP contribution in [0.2, 0.25) is 0 Å². The number of anilines is 1. The second-order valence-corrected chi connectivity index (χ2v) is 9.30. The van der Waals surface area contributed by atoms with E-state index in [-0.39, 0.29) is 17.0 Å². The zero-order valence-electron chi connectivity index (χ0n) is 18.3. The van der Waals surface area contributed by atoms with E-state index < -0.39 is 0 Å². The van der Waals surface area contributed by atoms with Crippen molar-refractivity contribution in [3.8, 4) is 6.07 Å². The molecule has 2 saturated heterocycles. The van der Waals surface area contributed by atoms with E-state index >= 15 is 0 Å². The van der Waals surface area contributed by atoms with Gasteiger partial charge in [0, 0.05) is 32.3 Å². The summed E-state index contributed by atoms with van der Waals surface area (Å²) < 4.78 is 7.26. The van der Waals surface area contributed by atoms with Gasteiger partial charge in [0.1, 0.15) is 21.8 Å². The zero-order chi connectivity index (χ0) is 22.5. The number of hydrogen-bond acceptors (Lipinski definition) is 7. The maximum absolute atomic E-state index is 13.1. The Morgan fingerprint density at radius 1 is 1.23 bits per heavy atom. The van der Waals surface area contributed by atoms with Crippen LogP contribution in [-0.2, 0) is 16.1 Å². The van der Waals surface area contributed by atoms with Crippen LogP contribution in [0.4, 0.5) is 5.82 Å². The van der Waals surface area contributed by atoms with E-state index in [1.54, 1.807) is 18.6 Å². The minimum atomic E-state index is -0.272. The lowest BCUT2D eigenvalue weighted by atomic mass is 10.0. The fourth-order valence-electron chi connectivity index (χ4n) is 4.07. The molecule has 0 aliphatic carbocycles. The predicted octanol–water partition coefficient (Wildman–Crippen LogP) is 3.28. The first kappa shape index (κ1) is 23.5. The van der Waals surface area contributed by atoms with Crippen molar-refractivity contribution in [2.24, 2.45) is 0 Å². The third-order valence-electron chi connectivity index (χ3n) is 5.74. The van der Waals surface area contributed by atoms with E-state index in [1.165, 1.54) is 16.7 Å². The van der Waals surface area contributed by atoms with E-state index in [9.17, 15) is 14.9 Å². The SMILES string of the molecule is CCn1c(N2CCCCCC2)c(/C=C2/SC(=S)N(CCOC)C2=O)c(C)c(C#N)c1=O. The molecule has 31 heavy (non-hydrogen) atoms. The lowest BCUT2D eigenvalue weighted by Gasteiger charge is -2.29. The molecule has 3 heterocycles. The number of hydrogen-bond donors (Lipinski definition) is 0. The maximum atomic E-state index is 13.1. The Morgan fingerprint density at radius 3 is 2.48 bits per heavy atom. The number of ether oxygens (including phenoxy) is 1. The van der Waals surface area contributed by atoms with Crippen molar-refractivity contribution in [2.75, 3.05) is 38.3 Å². The molecule has 0 spiro atoms. The van der Waals surface area contributed by atoms with E-state index in [0.717, 1.165) is 50.2 Å². The van der Waals surface area contributed by atoms with Gasteiger partial charge in [-0.2, -0.15) is 5.26 Å². The molecule has 1 amide bonds. The topological polar surface area (TPSA) is 78.6 Å². The van der Waals surface area contributed by atoms with Crippen molar-refractivity contribution in [3.05, 3.63) is 31.9 Å². The Labute approximate surface area is 192 Å². The Bertz CT molecular complexity index is 1000. The molecule has 1 aromatic heterocycles. The first-order valence-electron chi connectivity index (χ1n) is 10.6. The molecule has 0 bridgehead atoms. The van der Waals surface area contributed by atoms with Gasteiger partial charge in [0.05, 0.1) is 18.1 Å². The zero-order valence-corrected chi connectivity index (χ0v) is 19.9. The summed E-state index contributed by atoms with van der Waals surface area (Å²) in [6.07, 6.45) is 6.24. The number of nitrogens with zero attached hydrogens (tertiary/aromatic N) is 4. The number of rotatable bonds is 6. The molecule has 3 rings (SSSR count). The van der Waals surface area contributed by atoms with Crippen molar-refractivity contribution in [1.29, 1.82) is 5.26 Å². The van der Waals surface area contributed by atoms with Gasteiger partial charge in [0.15, 0.2) is 0 Å². The van der Waals surface area contributed by atoms with Crippen molar-refractivity contribution >= 4 is 46.1 Å². The molecule has 2 fully saturated rings. The monoisotopic (exact) mass is 460 g/mol. The third-order valence-corrected chi connectivity index (χ3v) is 7.11. The molecular weight excluding hydrogens is 432 g/mol. The molecule has 0 atom stereocenters. The van der Waals surface area contributed by atoms with E-state index in [0.29, 0.717) is 34.5 Å². The molecule has 0 saturated carbocycles. The van der Waals surface area contributed by atoms with Crippen LogP contribution in [0.3, 0.4) is 0 Å². The second-order valence-electron chi connectivity index (χ2n) is 7.63. The highest BCUT2D eigenvalue weighted by molar-refractivity contribution is 8.26. The number of amides is 1. The fourth-order valence-corrected chi connectivity index (χ4v) is 5.36. The minimum Gasteiger partial charge on any atom is -0.383 e. The summed E-state index contributed by atoms with van der Waals surface area (Å²) >= 11 is 6.66. The van der Waals surface area contributed by atoms with Crippen LogP contribution in [0.5, 0.6) is 0 Å². The Morgan fingerprint density at radius 2 is 1.90 bits per heavy atom. The van der Waals surface area contributed by atoms with Gasteiger partial charge in [-0.3, -0.25) is 19.1 Å². The third kappa shape index (κ3) is 4.71. The number of pyridine rings is 1. The van der Waals surface area contributed by atoms with Crippen molar-refractivity contribution in [2.45, 2.75) is 46.1 Å². The summed E-state index contributed by atoms with van der Waals surface area (Å²) in [7, 11) is 1.59. The molecule has 0 N–H and O–H groups in total. The van der Waals surface area contributed by atoms with Crippen molar-refractivity contribution in [3.63, 3.8) is 0 Å². The number of aromatic nitrogens is 1. The number of carbonyl (C=O) groups is 1. The maximum Gasteiger partial charge on any atom is 0.270 e. The lowest BCUT2D eigenvalue weighted by Crippen LogP contribution is -2.35. The molecule has 0 unspecified atom stereocenters. The first-order valence-corrected chi connectivity index (χ1v) is 11.8. The van der Waals surface area contributed by atoms with Gasteiger partial charge in [-0.25, -0.2) is 0 Å². The smallest absolute Gasteiger partial charge is 0.270 e. The number of thiocarbonyl (C=S) groups is 1. The highest BCUT2D eigenvalue weighted by Crippen LogP contribution is 2.36. The van der Waals surface area contributed by atoms with Crippen LogP contribution in [0.15, 0.2) is 9.70 Å². The summed E-state index contributed by atoms with van der Waals surface area (Å²) in [6, 6.07) is 2.08. The highest BCUT2D eigenvalue weighted by Gasteiger charge is 2.33. The van der Waals surface area contributed by atoms with Crippen LogP contribution in [0.25, 0.3) is 6.08 Å². The Hall–Kier alpha value is -2.15. The van der Waals surface area contributed by atoms with Crippen LogP contribution in [0, 0.1) is 18.3 Å². The lowest BCUT2D eigenvalue weighted by molar-refractivity contribution is -0.122. The second kappa shape index (κ2) is 10.4. The molecule has 2 aliphatic heterocycles. The van der Waals surface area contributed by atoms with Gasteiger partial charge in [-0.05, 0) is 38.3 Å². The predicted molar refractivity (Wildman–Crippen MR) is 128 cm³/mol. The van der Waals surface area contributed by atoms with Crippen LogP contribution in [-0.4, -0.2) is 53.0 Å². The van der Waals surface area contributed by atoms with E-state index in [4.69, 9.17) is 17.0 Å². The van der Waals surface area contributed by atoms with Crippen LogP contribution >= 0.6 is 24.0 Å². The van der Waals surface area contributed by atoms with E-state index in [2.05, 4.69) is 11.0 Å². The molecule has 0 radical (unpaired) electrons. The fraction of sp³-hybridized carbons (Fsp3) is 0.545. The molecule has 2 aliphatic rings. The van der Waals surface area contributed by atoms with Gasteiger partial charge < -0.3 is 9.64 Å². The normalized spacial score (nSPS) is 18.6. The number of methoxy groups -OCH3 is 1. The van der Waals surface area contributed by atoms with Gasteiger partial charge >= 0.3 is 0 Å². The summed E-state index contributed by atoms with van der Waals surface area (Å²) in [5, 5.41) is 9.67. The summed E-state index contributed by atoms with van der Waals surface area (Å²) in [6.45, 7) is 6.65. The summed E-state index contributed by atoms with van der Waals surface area (Å²) in [4.78, 5) is 30.3. The number of nitriles is 1. The standard InChI is InChI=1S/C22H28N4O3S2/c1-4-25-19(24-9-7-5-6-8-10-24)16(15(2)17(14-23)20(25)27)13-18-21(28)26(11-12-29-3)22(30)31-18/h13H,4-12H2,1-3H3/b18-13+. The molecule has 0 aromatic carbocycles. The summed E-state index contributed by atoms with van der Waals surface area (Å²) in [5.74, 6) is 0.633. The molecule has 9 heteroatoms.